The van der Waals surface area contributed by atoms with Crippen LogP contribution in [-0.2, 0) is 19.7 Å². The Hall–Kier alpha value is -3.21. The third kappa shape index (κ3) is 8.88. The van der Waals surface area contributed by atoms with Crippen LogP contribution in [0.1, 0.15) is 47.9 Å². The highest BCUT2D eigenvalue weighted by Crippen LogP contribution is 2.39. The quantitative estimate of drug-likeness (QED) is 0.118. The highest BCUT2D eigenvalue weighted by atomic mass is 35.5. The molecule has 0 aliphatic carbocycles. The number of ether oxygens (including phenoxy) is 1. The van der Waals surface area contributed by atoms with Crippen LogP contribution in [0, 0.1) is 6.92 Å². The Balaban J connectivity index is 1.000. The van der Waals surface area contributed by atoms with Crippen molar-refractivity contribution in [2.75, 3.05) is 45.6 Å². The Morgan fingerprint density at radius 3 is 2.02 bits per heavy atom. The fourth-order valence-electron chi connectivity index (χ4n) is 7.17. The monoisotopic (exact) mass is 742 g/mol. The molecule has 268 valence electrons. The molecule has 3 N–H and O–H groups in total. The first-order valence-corrected chi connectivity index (χ1v) is 19.6. The van der Waals surface area contributed by atoms with Crippen molar-refractivity contribution in [1.29, 1.82) is 0 Å². The van der Waals surface area contributed by atoms with Gasteiger partial charge < -0.3 is 30.5 Å². The van der Waals surface area contributed by atoms with Crippen molar-refractivity contribution in [2.45, 2.75) is 64.4 Å². The third-order valence-corrected chi connectivity index (χ3v) is 12.0. The summed E-state index contributed by atoms with van der Waals surface area (Å²) in [6.45, 7) is 8.80. The highest BCUT2D eigenvalue weighted by molar-refractivity contribution is 7.14. The van der Waals surface area contributed by atoms with E-state index in [2.05, 4.69) is 107 Å². The number of likely N-dealkylation sites (tertiary alicyclic amines) is 2. The first-order valence-electron chi connectivity index (χ1n) is 18.1. The molecule has 0 bridgehead atoms. The van der Waals surface area contributed by atoms with E-state index in [1.54, 1.807) is 0 Å². The van der Waals surface area contributed by atoms with Crippen LogP contribution in [0.2, 0.25) is 10.0 Å². The summed E-state index contributed by atoms with van der Waals surface area (Å²) in [4.78, 5) is 4.78. The Morgan fingerprint density at radius 2 is 1.37 bits per heavy atom. The molecule has 0 saturated carbocycles. The third-order valence-electron chi connectivity index (χ3n) is 10.5. The van der Waals surface area contributed by atoms with Gasteiger partial charge >= 0.3 is 0 Å². The molecule has 0 atom stereocenters. The predicted octanol–water partition coefficient (Wildman–Crippen LogP) is 9.27. The lowest BCUT2D eigenvalue weighted by atomic mass is 9.96. The van der Waals surface area contributed by atoms with E-state index in [-0.39, 0.29) is 0 Å². The van der Waals surface area contributed by atoms with E-state index in [1.165, 1.54) is 53.9 Å². The van der Waals surface area contributed by atoms with E-state index < -0.39 is 0 Å². The van der Waals surface area contributed by atoms with Gasteiger partial charge in [-0.05, 0) is 143 Å². The van der Waals surface area contributed by atoms with Crippen LogP contribution < -0.4 is 20.7 Å². The number of nitrogens with zero attached hydrogens (tertiary/aromatic N) is 3. The van der Waals surface area contributed by atoms with Crippen LogP contribution in [0.15, 0.2) is 72.8 Å². The summed E-state index contributed by atoms with van der Waals surface area (Å²) in [7, 11) is 4.38. The topological polar surface area (TPSA) is 64.7 Å². The van der Waals surface area contributed by atoms with E-state index in [1.807, 2.05) is 12.1 Å². The molecule has 4 aromatic carbocycles. The van der Waals surface area contributed by atoms with E-state index >= 15 is 0 Å². The molecule has 7 nitrogen and oxygen atoms in total. The number of nitrogens with one attached hydrogen (secondary N) is 3. The lowest BCUT2D eigenvalue weighted by Crippen LogP contribution is -2.40. The largest absolute Gasteiger partial charge is 0.487 e. The first kappa shape index (κ1) is 36.2. The summed E-state index contributed by atoms with van der Waals surface area (Å²) < 4.78 is 12.3. The molecule has 5 aromatic rings. The van der Waals surface area contributed by atoms with Gasteiger partial charge in [-0.3, -0.25) is 0 Å². The zero-order chi connectivity index (χ0) is 35.3. The van der Waals surface area contributed by atoms with Gasteiger partial charge in [-0.25, -0.2) is 0 Å². The summed E-state index contributed by atoms with van der Waals surface area (Å²) in [6, 6.07) is 26.3. The fourth-order valence-corrected chi connectivity index (χ4v) is 8.54. The van der Waals surface area contributed by atoms with Gasteiger partial charge in [-0.1, -0.05) is 65.7 Å². The molecule has 1 aromatic heterocycles. The average molecular weight is 744 g/mol. The average Bonchev–Trinajstić information content (AvgIpc) is 3.55. The van der Waals surface area contributed by atoms with E-state index in [9.17, 15) is 0 Å². The molecule has 2 fully saturated rings. The van der Waals surface area contributed by atoms with Gasteiger partial charge in [-0.15, -0.1) is 0 Å². The van der Waals surface area contributed by atoms with Crippen molar-refractivity contribution in [2.24, 2.45) is 0 Å². The van der Waals surface area contributed by atoms with Crippen molar-refractivity contribution in [1.82, 2.24) is 24.8 Å². The summed E-state index contributed by atoms with van der Waals surface area (Å²) in [5, 5.41) is 13.3. The number of aromatic nitrogens is 1. The normalized spacial score (nSPS) is 16.6. The minimum absolute atomic E-state index is 0.431. The lowest BCUT2D eigenvalue weighted by Gasteiger charge is -2.29. The zero-order valence-electron chi connectivity index (χ0n) is 29.8. The molecule has 2 aliphatic heterocycles. The summed E-state index contributed by atoms with van der Waals surface area (Å²) >= 11 is 15.0. The molecule has 7 rings (SSSR count). The second-order valence-corrected chi connectivity index (χ2v) is 15.8. The molecule has 51 heavy (non-hydrogen) atoms. The number of hydrogen-bond acceptors (Lipinski definition) is 8. The predicted molar refractivity (Wildman–Crippen MR) is 215 cm³/mol. The first-order chi connectivity index (χ1) is 24.8. The molecule has 0 spiro atoms. The van der Waals surface area contributed by atoms with Gasteiger partial charge in [0.1, 0.15) is 12.4 Å². The van der Waals surface area contributed by atoms with Crippen LogP contribution >= 0.6 is 34.7 Å². The van der Waals surface area contributed by atoms with Crippen molar-refractivity contribution < 1.29 is 4.74 Å². The molecular weight excluding hydrogens is 695 g/mol. The number of piperidine rings is 2. The van der Waals surface area contributed by atoms with Crippen molar-refractivity contribution in [3.8, 4) is 16.9 Å². The fraction of sp³-hybridized carbons (Fsp3) is 0.390. The van der Waals surface area contributed by atoms with Crippen LogP contribution in [0.4, 0.5) is 11.5 Å². The molecule has 0 radical (unpaired) electrons. The number of halogens is 2. The van der Waals surface area contributed by atoms with E-state index in [0.29, 0.717) is 34.5 Å². The molecule has 0 amide bonds. The maximum Gasteiger partial charge on any atom is 0.152 e. The van der Waals surface area contributed by atoms with Gasteiger partial charge in [0.25, 0.3) is 0 Å². The number of rotatable bonds is 12. The summed E-state index contributed by atoms with van der Waals surface area (Å²) in [5.41, 5.74) is 7.82. The number of fused-ring (bicyclic) bond motifs is 1. The second kappa shape index (κ2) is 16.6. The summed E-state index contributed by atoms with van der Waals surface area (Å²) in [6.07, 6.45) is 4.72. The van der Waals surface area contributed by atoms with Crippen LogP contribution in [0.25, 0.3) is 21.2 Å². The standard InChI is InChI=1S/C41H48Cl2N6OS/c1-27-30(26-50-39-13-11-29(23-37(39)43)25-45-32-16-20-49(3)21-17-32)6-4-7-33(27)34-8-5-9-35-40(34)51-47-41(35)46-38-12-10-28(22-36(38)42)24-44-31-14-18-48(2)19-15-31/h4-13,22-23,31-32,44-45H,14-21,24-26H2,1-3H3,(H,46,47). The van der Waals surface area contributed by atoms with Crippen molar-refractivity contribution in [3.63, 3.8) is 0 Å². The lowest BCUT2D eigenvalue weighted by molar-refractivity contribution is 0.234. The summed E-state index contributed by atoms with van der Waals surface area (Å²) in [5.74, 6) is 1.51. The minimum Gasteiger partial charge on any atom is -0.487 e. The Kier molecular flexibility index (Phi) is 11.8. The SMILES string of the molecule is Cc1c(COc2ccc(CNC3CCN(C)CC3)cc2Cl)cccc1-c1cccc2c(Nc3ccc(CNC4CCN(C)CC4)cc3Cl)nsc12. The molecule has 3 heterocycles. The van der Waals surface area contributed by atoms with Crippen LogP contribution in [-0.4, -0.2) is 66.5 Å². The van der Waals surface area contributed by atoms with Gasteiger partial charge in [0.05, 0.1) is 20.4 Å². The molecule has 2 aliphatic rings. The highest BCUT2D eigenvalue weighted by Gasteiger charge is 2.19. The molecule has 0 unspecified atom stereocenters. The van der Waals surface area contributed by atoms with Crippen molar-refractivity contribution >= 4 is 56.3 Å². The number of anilines is 2. The van der Waals surface area contributed by atoms with Crippen LogP contribution in [0.5, 0.6) is 5.75 Å². The molecular formula is C41H48Cl2N6OS. The molecule has 10 heteroatoms. The van der Waals surface area contributed by atoms with Crippen molar-refractivity contribution in [3.05, 3.63) is 105 Å². The number of hydrogen-bond donors (Lipinski definition) is 3. The number of benzene rings is 4. The van der Waals surface area contributed by atoms with Gasteiger partial charge in [0, 0.05) is 36.1 Å². The minimum atomic E-state index is 0.431. The van der Waals surface area contributed by atoms with E-state index in [4.69, 9.17) is 32.3 Å². The van der Waals surface area contributed by atoms with Gasteiger partial charge in [0.15, 0.2) is 5.82 Å². The Morgan fingerprint density at radius 1 is 0.765 bits per heavy atom. The maximum absolute atomic E-state index is 6.80. The van der Waals surface area contributed by atoms with Gasteiger partial charge in [0.2, 0.25) is 0 Å². The molecule has 2 saturated heterocycles. The Labute approximate surface area is 316 Å². The van der Waals surface area contributed by atoms with E-state index in [0.717, 1.165) is 77.6 Å². The Bertz CT molecular complexity index is 1950. The van der Waals surface area contributed by atoms with Gasteiger partial charge in [-0.2, -0.15) is 4.37 Å². The maximum atomic E-state index is 6.80. The zero-order valence-corrected chi connectivity index (χ0v) is 32.1. The smallest absolute Gasteiger partial charge is 0.152 e. The second-order valence-electron chi connectivity index (χ2n) is 14.2. The van der Waals surface area contributed by atoms with Crippen LogP contribution in [0.3, 0.4) is 0 Å².